The number of para-hydroxylation sites is 1. The van der Waals surface area contributed by atoms with Crippen LogP contribution in [-0.2, 0) is 4.74 Å². The first kappa shape index (κ1) is 21.5. The molecule has 1 fully saturated rings. The summed E-state index contributed by atoms with van der Waals surface area (Å²) in [5, 5.41) is 2.74. The fourth-order valence-electron chi connectivity index (χ4n) is 3.08. The molecule has 30 heavy (non-hydrogen) atoms. The van der Waals surface area contributed by atoms with Crippen LogP contribution in [0.4, 0.5) is 9.59 Å². The molecule has 1 N–H and O–H groups in total. The predicted molar refractivity (Wildman–Crippen MR) is 113 cm³/mol. The van der Waals surface area contributed by atoms with Crippen molar-refractivity contribution in [3.05, 3.63) is 54.6 Å². The highest BCUT2D eigenvalue weighted by molar-refractivity contribution is 5.71. The number of likely N-dealkylation sites (tertiary alicyclic amines) is 1. The van der Waals surface area contributed by atoms with Gasteiger partial charge < -0.3 is 24.4 Å². The molecule has 1 aliphatic rings. The third kappa shape index (κ3) is 6.69. The Bertz CT molecular complexity index is 802. The van der Waals surface area contributed by atoms with Crippen molar-refractivity contribution in [3.63, 3.8) is 0 Å². The van der Waals surface area contributed by atoms with E-state index in [0.29, 0.717) is 44.0 Å². The number of piperidine rings is 1. The molecule has 0 aromatic heterocycles. The van der Waals surface area contributed by atoms with Gasteiger partial charge in [0.15, 0.2) is 0 Å². The van der Waals surface area contributed by atoms with Crippen LogP contribution in [0.1, 0.15) is 32.6 Å². The van der Waals surface area contributed by atoms with E-state index in [9.17, 15) is 9.59 Å². The molecule has 2 amide bonds. The van der Waals surface area contributed by atoms with Gasteiger partial charge in [-0.2, -0.15) is 0 Å². The van der Waals surface area contributed by atoms with Crippen LogP contribution in [0.2, 0.25) is 0 Å². The van der Waals surface area contributed by atoms with Gasteiger partial charge in [0.25, 0.3) is 0 Å². The first-order valence-corrected chi connectivity index (χ1v) is 10.4. The summed E-state index contributed by atoms with van der Waals surface area (Å²) in [5.41, 5.74) is 0. The summed E-state index contributed by atoms with van der Waals surface area (Å²) in [6.45, 7) is 3.66. The van der Waals surface area contributed by atoms with Crippen LogP contribution in [-0.4, -0.2) is 42.8 Å². The molecule has 0 bridgehead atoms. The second-order valence-electron chi connectivity index (χ2n) is 7.13. The summed E-state index contributed by atoms with van der Waals surface area (Å²) in [6, 6.07) is 16.4. The van der Waals surface area contributed by atoms with Crippen molar-refractivity contribution in [2.75, 3.05) is 19.6 Å². The molecule has 0 atom stereocenters. The Kier molecular flexibility index (Phi) is 7.94. The SMILES string of the molecule is CCCCNC(=O)OC1CCN(C(=O)Oc2ccc(Oc3ccccc3)cc2)CC1. The lowest BCUT2D eigenvalue weighted by atomic mass is 10.1. The van der Waals surface area contributed by atoms with Crippen LogP contribution in [0, 0.1) is 0 Å². The third-order valence-corrected chi connectivity index (χ3v) is 4.78. The number of carbonyl (C=O) groups excluding carboxylic acids is 2. The van der Waals surface area contributed by atoms with Crippen molar-refractivity contribution >= 4 is 12.2 Å². The Labute approximate surface area is 176 Å². The molecular formula is C23H28N2O5. The van der Waals surface area contributed by atoms with E-state index in [2.05, 4.69) is 12.2 Å². The van der Waals surface area contributed by atoms with Gasteiger partial charge in [-0.25, -0.2) is 9.59 Å². The highest BCUT2D eigenvalue weighted by Gasteiger charge is 2.26. The van der Waals surface area contributed by atoms with Crippen molar-refractivity contribution in [2.24, 2.45) is 0 Å². The number of alkyl carbamates (subject to hydrolysis) is 1. The van der Waals surface area contributed by atoms with E-state index in [1.54, 1.807) is 29.2 Å². The van der Waals surface area contributed by atoms with Gasteiger partial charge in [-0.15, -0.1) is 0 Å². The fraction of sp³-hybridized carbons (Fsp3) is 0.391. The van der Waals surface area contributed by atoms with Crippen LogP contribution in [0.5, 0.6) is 17.2 Å². The Morgan fingerprint density at radius 2 is 1.60 bits per heavy atom. The van der Waals surface area contributed by atoms with Gasteiger partial charge in [0.05, 0.1) is 0 Å². The molecule has 7 heteroatoms. The van der Waals surface area contributed by atoms with Gasteiger partial charge in [-0.3, -0.25) is 0 Å². The molecule has 0 spiro atoms. The van der Waals surface area contributed by atoms with E-state index in [0.717, 1.165) is 18.6 Å². The lowest BCUT2D eigenvalue weighted by Crippen LogP contribution is -2.43. The Hall–Kier alpha value is -3.22. The van der Waals surface area contributed by atoms with E-state index in [1.807, 2.05) is 30.3 Å². The van der Waals surface area contributed by atoms with Crippen molar-refractivity contribution in [1.82, 2.24) is 10.2 Å². The maximum atomic E-state index is 12.4. The molecule has 1 saturated heterocycles. The number of nitrogens with zero attached hydrogens (tertiary/aromatic N) is 1. The quantitative estimate of drug-likeness (QED) is 0.650. The first-order chi connectivity index (χ1) is 14.6. The monoisotopic (exact) mass is 412 g/mol. The summed E-state index contributed by atoms with van der Waals surface area (Å²) in [7, 11) is 0. The van der Waals surface area contributed by atoms with Crippen LogP contribution < -0.4 is 14.8 Å². The zero-order chi connectivity index (χ0) is 21.2. The summed E-state index contributed by atoms with van der Waals surface area (Å²) < 4.78 is 16.6. The number of benzene rings is 2. The largest absolute Gasteiger partial charge is 0.457 e. The standard InChI is InChI=1S/C23H28N2O5/c1-2-3-15-24-22(26)29-21-13-16-25(17-14-21)23(27)30-20-11-9-19(10-12-20)28-18-7-5-4-6-8-18/h4-12,21H,2-3,13-17H2,1H3,(H,24,26). The number of unbranched alkanes of at least 4 members (excludes halogenated alkanes) is 1. The van der Waals surface area contributed by atoms with Crippen LogP contribution in [0.15, 0.2) is 54.6 Å². The summed E-state index contributed by atoms with van der Waals surface area (Å²) in [4.78, 5) is 25.8. The smallest absolute Gasteiger partial charge is 0.415 e. The molecule has 7 nitrogen and oxygen atoms in total. The average molecular weight is 412 g/mol. The van der Waals surface area contributed by atoms with Crippen molar-refractivity contribution in [3.8, 4) is 17.2 Å². The van der Waals surface area contributed by atoms with Crippen LogP contribution in [0.3, 0.4) is 0 Å². The summed E-state index contributed by atoms with van der Waals surface area (Å²) in [6.07, 6.45) is 2.17. The number of ether oxygens (including phenoxy) is 3. The van der Waals surface area contributed by atoms with Gasteiger partial charge in [0.1, 0.15) is 23.4 Å². The molecule has 1 heterocycles. The molecule has 2 aromatic carbocycles. The summed E-state index contributed by atoms with van der Waals surface area (Å²) in [5.74, 6) is 1.86. The van der Waals surface area contributed by atoms with Crippen molar-refractivity contribution in [1.29, 1.82) is 0 Å². The van der Waals surface area contributed by atoms with Crippen molar-refractivity contribution in [2.45, 2.75) is 38.7 Å². The highest BCUT2D eigenvalue weighted by Crippen LogP contribution is 2.24. The third-order valence-electron chi connectivity index (χ3n) is 4.78. The average Bonchev–Trinajstić information content (AvgIpc) is 2.76. The topological polar surface area (TPSA) is 77.1 Å². The van der Waals surface area contributed by atoms with Gasteiger partial charge in [0.2, 0.25) is 0 Å². The van der Waals surface area contributed by atoms with Crippen LogP contribution >= 0.6 is 0 Å². The molecule has 0 unspecified atom stereocenters. The molecule has 0 aliphatic carbocycles. The molecular weight excluding hydrogens is 384 g/mol. The highest BCUT2D eigenvalue weighted by atomic mass is 16.6. The number of nitrogens with one attached hydrogen (secondary N) is 1. The number of hydrogen-bond acceptors (Lipinski definition) is 5. The van der Waals surface area contributed by atoms with E-state index >= 15 is 0 Å². The van der Waals surface area contributed by atoms with Gasteiger partial charge in [-0.05, 0) is 42.8 Å². The zero-order valence-corrected chi connectivity index (χ0v) is 17.2. The minimum atomic E-state index is -0.405. The molecule has 1 aliphatic heterocycles. The van der Waals surface area contributed by atoms with Gasteiger partial charge in [0, 0.05) is 32.5 Å². The Balaban J connectivity index is 1.40. The second-order valence-corrected chi connectivity index (χ2v) is 7.13. The van der Waals surface area contributed by atoms with Crippen molar-refractivity contribution < 1.29 is 23.8 Å². The Morgan fingerprint density at radius 3 is 2.27 bits per heavy atom. The van der Waals surface area contributed by atoms with Crippen LogP contribution in [0.25, 0.3) is 0 Å². The van der Waals surface area contributed by atoms with E-state index < -0.39 is 6.09 Å². The number of rotatable bonds is 7. The number of amides is 2. The normalized spacial score (nSPS) is 14.1. The Morgan fingerprint density at radius 1 is 0.967 bits per heavy atom. The molecule has 0 saturated carbocycles. The lowest BCUT2D eigenvalue weighted by molar-refractivity contribution is 0.0525. The lowest BCUT2D eigenvalue weighted by Gasteiger charge is -2.30. The molecule has 3 rings (SSSR count). The minimum absolute atomic E-state index is 0.176. The number of carbonyl (C=O) groups is 2. The van der Waals surface area contributed by atoms with Gasteiger partial charge in [-0.1, -0.05) is 31.5 Å². The maximum absolute atomic E-state index is 12.4. The molecule has 160 valence electrons. The fourth-order valence-corrected chi connectivity index (χ4v) is 3.08. The minimum Gasteiger partial charge on any atom is -0.457 e. The molecule has 0 radical (unpaired) electrons. The zero-order valence-electron chi connectivity index (χ0n) is 17.2. The maximum Gasteiger partial charge on any atom is 0.415 e. The predicted octanol–water partition coefficient (Wildman–Crippen LogP) is 4.97. The van der Waals surface area contributed by atoms with Gasteiger partial charge >= 0.3 is 12.2 Å². The van der Waals surface area contributed by atoms with E-state index in [1.165, 1.54) is 0 Å². The van der Waals surface area contributed by atoms with E-state index in [-0.39, 0.29) is 12.2 Å². The molecule has 2 aromatic rings. The second kappa shape index (κ2) is 11.1. The summed E-state index contributed by atoms with van der Waals surface area (Å²) >= 11 is 0. The number of hydrogen-bond donors (Lipinski definition) is 1. The first-order valence-electron chi connectivity index (χ1n) is 10.4. The van der Waals surface area contributed by atoms with E-state index in [4.69, 9.17) is 14.2 Å².